The highest BCUT2D eigenvalue weighted by Gasteiger charge is 2.52. The van der Waals surface area contributed by atoms with E-state index in [4.69, 9.17) is 4.74 Å². The number of hydrogen-bond donors (Lipinski definition) is 0. The Morgan fingerprint density at radius 1 is 0.545 bits per heavy atom. The SMILES string of the molecule is [Br-].c1ccc(COC2=C([P+](c3ccccc3)(c3ccccc3)c3ccccc3)CCC2)cc1. The van der Waals surface area contributed by atoms with Crippen LogP contribution in [-0.2, 0) is 11.3 Å². The molecule has 0 aromatic heterocycles. The first-order valence-corrected chi connectivity index (χ1v) is 13.1. The van der Waals surface area contributed by atoms with Gasteiger partial charge in [0, 0.05) is 12.8 Å². The molecule has 0 spiro atoms. The van der Waals surface area contributed by atoms with Crippen molar-refractivity contribution in [2.75, 3.05) is 0 Å². The maximum Gasteiger partial charge on any atom is 0.143 e. The molecule has 4 aromatic rings. The normalized spacial score (nSPS) is 13.5. The fourth-order valence-corrected chi connectivity index (χ4v) is 9.56. The van der Waals surface area contributed by atoms with Crippen LogP contribution in [0.5, 0.6) is 0 Å². The van der Waals surface area contributed by atoms with E-state index in [0.29, 0.717) is 6.61 Å². The molecule has 4 aromatic carbocycles. The lowest BCUT2D eigenvalue weighted by Gasteiger charge is -2.29. The summed E-state index contributed by atoms with van der Waals surface area (Å²) in [5.41, 5.74) is 1.22. The molecule has 0 heterocycles. The molecule has 33 heavy (non-hydrogen) atoms. The molecular weight excluding hydrogens is 487 g/mol. The molecule has 0 radical (unpaired) electrons. The smallest absolute Gasteiger partial charge is 0.143 e. The monoisotopic (exact) mass is 514 g/mol. The largest absolute Gasteiger partial charge is 1.00 e. The van der Waals surface area contributed by atoms with E-state index in [2.05, 4.69) is 121 Å². The van der Waals surface area contributed by atoms with Crippen LogP contribution in [-0.4, -0.2) is 0 Å². The van der Waals surface area contributed by atoms with Crippen molar-refractivity contribution in [2.45, 2.75) is 25.9 Å². The second kappa shape index (κ2) is 11.0. The highest BCUT2D eigenvalue weighted by Crippen LogP contribution is 2.66. The molecule has 0 aliphatic heterocycles. The van der Waals surface area contributed by atoms with Crippen molar-refractivity contribution in [3.8, 4) is 0 Å². The average Bonchev–Trinajstić information content (AvgIpc) is 3.35. The summed E-state index contributed by atoms with van der Waals surface area (Å²) in [6.45, 7) is 0.623. The zero-order valence-electron chi connectivity index (χ0n) is 18.6. The first-order chi connectivity index (χ1) is 15.9. The number of hydrogen-bond acceptors (Lipinski definition) is 1. The number of rotatable bonds is 7. The lowest BCUT2D eigenvalue weighted by atomic mass is 10.2. The van der Waals surface area contributed by atoms with Crippen molar-refractivity contribution < 1.29 is 21.7 Å². The maximum atomic E-state index is 6.58. The number of halogens is 1. The van der Waals surface area contributed by atoms with E-state index in [0.717, 1.165) is 19.3 Å². The van der Waals surface area contributed by atoms with Gasteiger partial charge >= 0.3 is 0 Å². The van der Waals surface area contributed by atoms with E-state index < -0.39 is 7.26 Å². The Morgan fingerprint density at radius 2 is 0.970 bits per heavy atom. The Bertz CT molecular complexity index is 1080. The molecule has 0 N–H and O–H groups in total. The van der Waals surface area contributed by atoms with Gasteiger partial charge in [0.15, 0.2) is 0 Å². The summed E-state index contributed by atoms with van der Waals surface area (Å²) in [4.78, 5) is 0. The molecule has 1 aliphatic carbocycles. The average molecular weight is 515 g/mol. The van der Waals surface area contributed by atoms with Crippen LogP contribution in [0, 0.1) is 0 Å². The van der Waals surface area contributed by atoms with Crippen LogP contribution < -0.4 is 32.9 Å². The van der Waals surface area contributed by atoms with Gasteiger partial charge in [-0.25, -0.2) is 0 Å². The van der Waals surface area contributed by atoms with Crippen LogP contribution in [0.4, 0.5) is 0 Å². The lowest BCUT2D eigenvalue weighted by Crippen LogP contribution is -3.00. The van der Waals surface area contributed by atoms with Gasteiger partial charge in [0.1, 0.15) is 40.9 Å². The van der Waals surface area contributed by atoms with Gasteiger partial charge in [0.2, 0.25) is 0 Å². The summed E-state index contributed by atoms with van der Waals surface area (Å²) in [5, 5.41) is 5.69. The molecule has 1 aliphatic rings. The fourth-order valence-electron chi connectivity index (χ4n) is 4.82. The van der Waals surface area contributed by atoms with Crippen LogP contribution in [0.1, 0.15) is 24.8 Å². The van der Waals surface area contributed by atoms with Crippen molar-refractivity contribution in [1.82, 2.24) is 0 Å². The Labute approximate surface area is 208 Å². The summed E-state index contributed by atoms with van der Waals surface area (Å²) in [5.74, 6) is 1.19. The summed E-state index contributed by atoms with van der Waals surface area (Å²) < 4.78 is 6.58. The third-order valence-electron chi connectivity index (χ3n) is 6.23. The standard InChI is InChI=1S/C30H28OP.BrH/c1-5-14-25(15-6-1)24-31-29-22-13-23-30(29)32(26-16-7-2-8-17-26,27-18-9-3-10-19-27)28-20-11-4-12-21-28;/h1-12,14-21H,13,22-24H2;1H/q+1;/p-1. The minimum Gasteiger partial charge on any atom is -1.00 e. The van der Waals surface area contributed by atoms with E-state index >= 15 is 0 Å². The minimum absolute atomic E-state index is 0. The summed E-state index contributed by atoms with van der Waals surface area (Å²) in [7, 11) is -2.02. The highest BCUT2D eigenvalue weighted by atomic mass is 79.9. The highest BCUT2D eigenvalue weighted by molar-refractivity contribution is 7.99. The van der Waals surface area contributed by atoms with Gasteiger partial charge in [-0.05, 0) is 48.4 Å². The molecular formula is C30H28BrOP. The quantitative estimate of drug-likeness (QED) is 0.342. The van der Waals surface area contributed by atoms with Crippen LogP contribution in [0.15, 0.2) is 132 Å². The topological polar surface area (TPSA) is 9.23 Å². The molecule has 0 amide bonds. The third kappa shape index (κ3) is 4.69. The van der Waals surface area contributed by atoms with Gasteiger partial charge in [-0.1, -0.05) is 84.9 Å². The Kier molecular flexibility index (Phi) is 7.81. The summed E-state index contributed by atoms with van der Waals surface area (Å²) in [6, 6.07) is 43.8. The van der Waals surface area contributed by atoms with E-state index in [1.165, 1.54) is 32.6 Å². The van der Waals surface area contributed by atoms with Gasteiger partial charge in [0.05, 0.1) is 0 Å². The van der Waals surface area contributed by atoms with E-state index in [1.54, 1.807) is 0 Å². The predicted molar refractivity (Wildman–Crippen MR) is 137 cm³/mol. The third-order valence-corrected chi connectivity index (χ3v) is 10.7. The summed E-state index contributed by atoms with van der Waals surface area (Å²) in [6.07, 6.45) is 3.24. The molecule has 0 bridgehead atoms. The van der Waals surface area contributed by atoms with Gasteiger partial charge in [-0.2, -0.15) is 0 Å². The van der Waals surface area contributed by atoms with Gasteiger partial charge < -0.3 is 21.7 Å². The van der Waals surface area contributed by atoms with E-state index in [9.17, 15) is 0 Å². The molecule has 0 atom stereocenters. The van der Waals surface area contributed by atoms with E-state index in [-0.39, 0.29) is 17.0 Å². The van der Waals surface area contributed by atoms with Crippen LogP contribution >= 0.6 is 7.26 Å². The molecule has 0 fully saturated rings. The van der Waals surface area contributed by atoms with Crippen LogP contribution in [0.2, 0.25) is 0 Å². The molecule has 0 saturated heterocycles. The van der Waals surface area contributed by atoms with Crippen LogP contribution in [0.3, 0.4) is 0 Å². The zero-order chi connectivity index (χ0) is 21.6. The Balaban J connectivity index is 0.00000259. The lowest BCUT2D eigenvalue weighted by molar-refractivity contribution is -0.00000679. The molecule has 5 rings (SSSR count). The van der Waals surface area contributed by atoms with E-state index in [1.807, 2.05) is 0 Å². The van der Waals surface area contributed by atoms with Crippen LogP contribution in [0.25, 0.3) is 0 Å². The number of allylic oxidation sites excluding steroid dienone is 2. The van der Waals surface area contributed by atoms with Crippen molar-refractivity contribution in [3.63, 3.8) is 0 Å². The van der Waals surface area contributed by atoms with Crippen molar-refractivity contribution >= 4 is 23.2 Å². The fraction of sp³-hybridized carbons (Fsp3) is 0.133. The van der Waals surface area contributed by atoms with Crippen molar-refractivity contribution in [2.24, 2.45) is 0 Å². The Hall–Kier alpha value is -2.67. The maximum absolute atomic E-state index is 6.58. The molecule has 0 saturated carbocycles. The second-order valence-corrected chi connectivity index (χ2v) is 11.6. The second-order valence-electron chi connectivity index (χ2n) is 8.18. The zero-order valence-corrected chi connectivity index (χ0v) is 21.1. The molecule has 166 valence electrons. The predicted octanol–water partition coefficient (Wildman–Crippen LogP) is 3.60. The minimum atomic E-state index is -2.02. The number of ether oxygens (including phenoxy) is 1. The van der Waals surface area contributed by atoms with Gasteiger partial charge in [0.25, 0.3) is 0 Å². The molecule has 0 unspecified atom stereocenters. The first-order valence-electron chi connectivity index (χ1n) is 11.3. The first kappa shape index (κ1) is 23.5. The molecule has 3 heteroatoms. The van der Waals surface area contributed by atoms with Crippen molar-refractivity contribution in [1.29, 1.82) is 0 Å². The van der Waals surface area contributed by atoms with Crippen molar-refractivity contribution in [3.05, 3.63) is 138 Å². The van der Waals surface area contributed by atoms with Gasteiger partial charge in [-0.3, -0.25) is 0 Å². The van der Waals surface area contributed by atoms with Gasteiger partial charge in [-0.15, -0.1) is 0 Å². The summed E-state index contributed by atoms with van der Waals surface area (Å²) >= 11 is 0. The Morgan fingerprint density at radius 3 is 1.42 bits per heavy atom. The number of benzene rings is 4. The molecule has 1 nitrogen and oxygen atoms in total.